The summed E-state index contributed by atoms with van der Waals surface area (Å²) in [5, 5.41) is 3.93. The number of methoxy groups -OCH3 is 1. The van der Waals surface area contributed by atoms with Gasteiger partial charge in [-0.3, -0.25) is 0 Å². The summed E-state index contributed by atoms with van der Waals surface area (Å²) in [5.74, 6) is 1.21. The van der Waals surface area contributed by atoms with Gasteiger partial charge in [0, 0.05) is 13.5 Å². The molecule has 5 heteroatoms. The molecule has 1 aromatic rings. The second-order valence-electron chi connectivity index (χ2n) is 5.48. The molecular weight excluding hydrogens is 218 g/mol. The fraction of sp³-hybridized carbons (Fsp3) is 0.833. The van der Waals surface area contributed by atoms with Crippen LogP contribution >= 0.6 is 0 Å². The third kappa shape index (κ3) is 4.09. The van der Waals surface area contributed by atoms with Crippen molar-refractivity contribution in [2.45, 2.75) is 52.7 Å². The third-order valence-electron chi connectivity index (χ3n) is 2.86. The first-order valence-electron chi connectivity index (χ1n) is 5.95. The number of hydrogen-bond acceptors (Lipinski definition) is 5. The fourth-order valence-electron chi connectivity index (χ4n) is 1.33. The first-order valence-corrected chi connectivity index (χ1v) is 5.95. The summed E-state index contributed by atoms with van der Waals surface area (Å²) in [6, 6.07) is -0.208. The molecule has 0 spiro atoms. The molecule has 0 saturated carbocycles. The monoisotopic (exact) mass is 241 g/mol. The van der Waals surface area contributed by atoms with E-state index in [0.29, 0.717) is 11.7 Å². The van der Waals surface area contributed by atoms with E-state index in [0.717, 1.165) is 12.8 Å². The first kappa shape index (κ1) is 14.1. The van der Waals surface area contributed by atoms with E-state index in [9.17, 15) is 0 Å². The van der Waals surface area contributed by atoms with E-state index < -0.39 is 0 Å². The molecule has 0 fully saturated rings. The lowest BCUT2D eigenvalue weighted by molar-refractivity contribution is 0.109. The molecular formula is C12H23N3O2. The van der Waals surface area contributed by atoms with Crippen molar-refractivity contribution in [1.29, 1.82) is 0 Å². The number of hydrogen-bond donors (Lipinski definition) is 1. The highest BCUT2D eigenvalue weighted by Crippen LogP contribution is 2.28. The lowest BCUT2D eigenvalue weighted by Gasteiger charge is -2.23. The van der Waals surface area contributed by atoms with Crippen LogP contribution in [0.4, 0.5) is 0 Å². The lowest BCUT2D eigenvalue weighted by atomic mass is 9.87. The van der Waals surface area contributed by atoms with Gasteiger partial charge >= 0.3 is 0 Å². The average Bonchev–Trinajstić information content (AvgIpc) is 2.71. The predicted molar refractivity (Wildman–Crippen MR) is 65.5 cm³/mol. The van der Waals surface area contributed by atoms with Gasteiger partial charge < -0.3 is 15.0 Å². The largest absolute Gasteiger partial charge is 0.382 e. The van der Waals surface area contributed by atoms with Crippen LogP contribution in [0.2, 0.25) is 0 Å². The van der Waals surface area contributed by atoms with E-state index >= 15 is 0 Å². The van der Waals surface area contributed by atoms with Crippen molar-refractivity contribution in [2.75, 3.05) is 7.11 Å². The number of aryl methyl sites for hydroxylation is 1. The minimum Gasteiger partial charge on any atom is -0.382 e. The van der Waals surface area contributed by atoms with Gasteiger partial charge in [0.15, 0.2) is 5.82 Å². The molecule has 2 atom stereocenters. The molecule has 2 unspecified atom stereocenters. The maximum absolute atomic E-state index is 6.06. The molecule has 0 saturated heterocycles. The molecule has 0 amide bonds. The van der Waals surface area contributed by atoms with Crippen LogP contribution in [0.15, 0.2) is 4.52 Å². The van der Waals surface area contributed by atoms with Crippen LogP contribution in [0.5, 0.6) is 0 Å². The molecule has 1 rings (SSSR count). The fourth-order valence-corrected chi connectivity index (χ4v) is 1.33. The molecule has 0 aliphatic rings. The minimum atomic E-state index is -0.208. The number of aromatic nitrogens is 2. The predicted octanol–water partition coefficient (Wildman–Crippen LogP) is 2.08. The number of ether oxygens (including phenoxy) is 1. The molecule has 0 radical (unpaired) electrons. The molecule has 0 aliphatic carbocycles. The quantitative estimate of drug-likeness (QED) is 0.854. The zero-order valence-corrected chi connectivity index (χ0v) is 11.4. The highest BCUT2D eigenvalue weighted by atomic mass is 16.5. The number of rotatable bonds is 5. The standard InChI is InChI=1S/C12H23N3O2/c1-8(16-5)6-7-9-14-11(15-17-9)10(13)12(2,3)4/h8,10H,6-7,13H2,1-5H3. The van der Waals surface area contributed by atoms with Gasteiger partial charge in [0.2, 0.25) is 5.89 Å². The van der Waals surface area contributed by atoms with E-state index in [-0.39, 0.29) is 17.6 Å². The summed E-state index contributed by atoms with van der Waals surface area (Å²) in [6.07, 6.45) is 1.78. The second-order valence-corrected chi connectivity index (χ2v) is 5.48. The smallest absolute Gasteiger partial charge is 0.226 e. The van der Waals surface area contributed by atoms with E-state index in [1.807, 2.05) is 6.92 Å². The van der Waals surface area contributed by atoms with E-state index in [1.165, 1.54) is 0 Å². The van der Waals surface area contributed by atoms with Gasteiger partial charge in [0.05, 0.1) is 12.1 Å². The highest BCUT2D eigenvalue weighted by Gasteiger charge is 2.26. The second kappa shape index (κ2) is 5.60. The van der Waals surface area contributed by atoms with Gasteiger partial charge in [0.25, 0.3) is 0 Å². The molecule has 1 heterocycles. The summed E-state index contributed by atoms with van der Waals surface area (Å²) in [6.45, 7) is 8.18. The van der Waals surface area contributed by atoms with E-state index in [4.69, 9.17) is 15.0 Å². The maximum atomic E-state index is 6.06. The third-order valence-corrected chi connectivity index (χ3v) is 2.86. The molecule has 0 aromatic carbocycles. The SMILES string of the molecule is COC(C)CCc1nc(C(N)C(C)(C)C)no1. The lowest BCUT2D eigenvalue weighted by Crippen LogP contribution is -2.27. The summed E-state index contributed by atoms with van der Waals surface area (Å²) in [4.78, 5) is 4.32. The Balaban J connectivity index is 2.59. The van der Waals surface area contributed by atoms with Crippen LogP contribution in [-0.4, -0.2) is 23.4 Å². The van der Waals surface area contributed by atoms with Crippen LogP contribution in [-0.2, 0) is 11.2 Å². The molecule has 17 heavy (non-hydrogen) atoms. The van der Waals surface area contributed by atoms with Crippen molar-refractivity contribution in [3.8, 4) is 0 Å². The minimum absolute atomic E-state index is 0.0685. The average molecular weight is 241 g/mol. The highest BCUT2D eigenvalue weighted by molar-refractivity contribution is 4.98. The zero-order chi connectivity index (χ0) is 13.1. The zero-order valence-electron chi connectivity index (χ0n) is 11.4. The molecule has 0 bridgehead atoms. The Labute approximate surface area is 103 Å². The van der Waals surface area contributed by atoms with E-state index in [2.05, 4.69) is 30.9 Å². The van der Waals surface area contributed by atoms with Crippen molar-refractivity contribution in [3.05, 3.63) is 11.7 Å². The van der Waals surface area contributed by atoms with Gasteiger partial charge in [-0.15, -0.1) is 0 Å². The summed E-state index contributed by atoms with van der Waals surface area (Å²) < 4.78 is 10.3. The Kier molecular flexibility index (Phi) is 4.65. The van der Waals surface area contributed by atoms with Crippen molar-refractivity contribution in [1.82, 2.24) is 10.1 Å². The molecule has 0 aliphatic heterocycles. The summed E-state index contributed by atoms with van der Waals surface area (Å²) in [7, 11) is 1.69. The van der Waals surface area contributed by atoms with Crippen LogP contribution in [0, 0.1) is 5.41 Å². The van der Waals surface area contributed by atoms with Gasteiger partial charge in [-0.05, 0) is 18.8 Å². The van der Waals surface area contributed by atoms with Crippen LogP contribution < -0.4 is 5.73 Å². The Morgan fingerprint density at radius 3 is 2.59 bits per heavy atom. The number of nitrogens with zero attached hydrogens (tertiary/aromatic N) is 2. The summed E-state index contributed by atoms with van der Waals surface area (Å²) >= 11 is 0. The van der Waals surface area contributed by atoms with Crippen molar-refractivity contribution in [3.63, 3.8) is 0 Å². The van der Waals surface area contributed by atoms with Gasteiger partial charge in [-0.25, -0.2) is 0 Å². The maximum Gasteiger partial charge on any atom is 0.226 e. The Hall–Kier alpha value is -0.940. The van der Waals surface area contributed by atoms with Crippen molar-refractivity contribution >= 4 is 0 Å². The van der Waals surface area contributed by atoms with Crippen molar-refractivity contribution in [2.24, 2.45) is 11.1 Å². The Morgan fingerprint density at radius 1 is 1.41 bits per heavy atom. The summed E-state index contributed by atoms with van der Waals surface area (Å²) in [5.41, 5.74) is 5.99. The van der Waals surface area contributed by atoms with Crippen LogP contribution in [0.1, 0.15) is 51.9 Å². The molecule has 2 N–H and O–H groups in total. The van der Waals surface area contributed by atoms with Crippen molar-refractivity contribution < 1.29 is 9.26 Å². The Bertz CT molecular complexity index is 344. The first-order chi connectivity index (χ1) is 7.84. The van der Waals surface area contributed by atoms with E-state index in [1.54, 1.807) is 7.11 Å². The van der Waals surface area contributed by atoms with Crippen LogP contribution in [0.25, 0.3) is 0 Å². The van der Waals surface area contributed by atoms with Gasteiger partial charge in [0.1, 0.15) is 0 Å². The molecule has 1 aromatic heterocycles. The molecule has 98 valence electrons. The molecule has 5 nitrogen and oxygen atoms in total. The Morgan fingerprint density at radius 2 is 2.06 bits per heavy atom. The normalized spacial score (nSPS) is 15.9. The topological polar surface area (TPSA) is 74.2 Å². The van der Waals surface area contributed by atoms with Crippen LogP contribution in [0.3, 0.4) is 0 Å². The van der Waals surface area contributed by atoms with Gasteiger partial charge in [-0.2, -0.15) is 4.98 Å². The van der Waals surface area contributed by atoms with Gasteiger partial charge in [-0.1, -0.05) is 25.9 Å². The number of nitrogens with two attached hydrogens (primary N) is 1.